The van der Waals surface area contributed by atoms with Gasteiger partial charge in [-0.3, -0.25) is 14.7 Å². The number of benzene rings is 2. The highest BCUT2D eigenvalue weighted by Gasteiger charge is 2.41. The average Bonchev–Trinajstić information content (AvgIpc) is 3.17. The van der Waals surface area contributed by atoms with Gasteiger partial charge in [-0.15, -0.1) is 0 Å². The van der Waals surface area contributed by atoms with Crippen molar-refractivity contribution in [3.8, 4) is 0 Å². The lowest BCUT2D eigenvalue weighted by Gasteiger charge is -2.33. The lowest BCUT2D eigenvalue weighted by molar-refractivity contribution is -0.143. The minimum atomic E-state index is -4.53. The molecule has 0 bridgehead atoms. The molecule has 1 N–H and O–H groups in total. The Kier molecular flexibility index (Phi) is 5.00. The summed E-state index contributed by atoms with van der Waals surface area (Å²) in [6.07, 6.45) is -0.181. The fourth-order valence-electron chi connectivity index (χ4n) is 4.18. The van der Waals surface area contributed by atoms with Crippen molar-refractivity contribution in [3.05, 3.63) is 77.6 Å². The Morgan fingerprint density at radius 1 is 1.14 bits per heavy atom. The van der Waals surface area contributed by atoms with Gasteiger partial charge in [0.1, 0.15) is 6.04 Å². The molecule has 0 saturated carbocycles. The SMILES string of the molecule is O=C(O)C1CCCN1C(c1ccc2cnccc2c1)c1ccccc1C(F)(F)F. The van der Waals surface area contributed by atoms with Gasteiger partial charge < -0.3 is 5.11 Å². The number of hydrogen-bond donors (Lipinski definition) is 1. The Morgan fingerprint density at radius 3 is 2.69 bits per heavy atom. The van der Waals surface area contributed by atoms with E-state index in [1.54, 1.807) is 35.5 Å². The summed E-state index contributed by atoms with van der Waals surface area (Å²) < 4.78 is 41.3. The Hall–Kier alpha value is -2.93. The number of hydrogen-bond acceptors (Lipinski definition) is 3. The highest BCUT2D eigenvalue weighted by atomic mass is 19.4. The summed E-state index contributed by atoms with van der Waals surface area (Å²) in [4.78, 5) is 17.5. The third-order valence-corrected chi connectivity index (χ3v) is 5.45. The van der Waals surface area contributed by atoms with Crippen molar-refractivity contribution in [1.29, 1.82) is 0 Å². The van der Waals surface area contributed by atoms with E-state index in [0.29, 0.717) is 24.9 Å². The fourth-order valence-corrected chi connectivity index (χ4v) is 4.18. The number of alkyl halides is 3. The van der Waals surface area contributed by atoms with E-state index in [-0.39, 0.29) is 5.56 Å². The predicted molar refractivity (Wildman–Crippen MR) is 102 cm³/mol. The zero-order chi connectivity index (χ0) is 20.6. The fraction of sp³-hybridized carbons (Fsp3) is 0.273. The molecule has 7 heteroatoms. The topological polar surface area (TPSA) is 53.4 Å². The van der Waals surface area contributed by atoms with Crippen molar-refractivity contribution < 1.29 is 23.1 Å². The van der Waals surface area contributed by atoms with Gasteiger partial charge in [-0.1, -0.05) is 30.3 Å². The molecular formula is C22H19F3N2O2. The van der Waals surface area contributed by atoms with Crippen molar-refractivity contribution in [3.63, 3.8) is 0 Å². The average molecular weight is 400 g/mol. The smallest absolute Gasteiger partial charge is 0.416 e. The molecule has 2 aromatic carbocycles. The molecule has 0 amide bonds. The van der Waals surface area contributed by atoms with Gasteiger partial charge in [0, 0.05) is 24.3 Å². The molecule has 0 aliphatic carbocycles. The first-order valence-corrected chi connectivity index (χ1v) is 9.34. The number of pyridine rings is 1. The number of aromatic nitrogens is 1. The zero-order valence-corrected chi connectivity index (χ0v) is 15.4. The van der Waals surface area contributed by atoms with Gasteiger partial charge >= 0.3 is 12.1 Å². The number of nitrogens with zero attached hydrogens (tertiary/aromatic N) is 2. The van der Waals surface area contributed by atoms with Crippen LogP contribution in [0.3, 0.4) is 0 Å². The van der Waals surface area contributed by atoms with Crippen LogP contribution >= 0.6 is 0 Å². The molecule has 1 aliphatic rings. The highest BCUT2D eigenvalue weighted by Crippen LogP contribution is 2.42. The summed E-state index contributed by atoms with van der Waals surface area (Å²) in [7, 11) is 0. The van der Waals surface area contributed by atoms with Gasteiger partial charge in [0.2, 0.25) is 0 Å². The maximum absolute atomic E-state index is 13.8. The third-order valence-electron chi connectivity index (χ3n) is 5.45. The number of aliphatic carboxylic acids is 1. The second kappa shape index (κ2) is 7.48. The van der Waals surface area contributed by atoms with Gasteiger partial charge in [-0.05, 0) is 47.6 Å². The Bertz CT molecular complexity index is 1050. The van der Waals surface area contributed by atoms with Gasteiger partial charge in [0.25, 0.3) is 0 Å². The predicted octanol–water partition coefficient (Wildman–Crippen LogP) is 4.89. The normalized spacial score (nSPS) is 18.8. The number of fused-ring (bicyclic) bond motifs is 1. The molecule has 0 spiro atoms. The molecule has 3 aromatic rings. The minimum Gasteiger partial charge on any atom is -0.480 e. The first-order valence-electron chi connectivity index (χ1n) is 9.34. The van der Waals surface area contributed by atoms with Crippen molar-refractivity contribution in [2.75, 3.05) is 6.54 Å². The van der Waals surface area contributed by atoms with Crippen molar-refractivity contribution in [2.45, 2.75) is 31.1 Å². The first kappa shape index (κ1) is 19.4. The second-order valence-corrected chi connectivity index (χ2v) is 7.20. The first-order chi connectivity index (χ1) is 13.9. The summed E-state index contributed by atoms with van der Waals surface area (Å²) in [5.74, 6) is -1.01. The molecule has 2 atom stereocenters. The molecule has 29 heavy (non-hydrogen) atoms. The lowest BCUT2D eigenvalue weighted by atomic mass is 9.91. The van der Waals surface area contributed by atoms with Gasteiger partial charge in [0.15, 0.2) is 0 Å². The minimum absolute atomic E-state index is 0.0709. The van der Waals surface area contributed by atoms with Crippen LogP contribution in [-0.4, -0.2) is 33.5 Å². The van der Waals surface area contributed by atoms with Crippen LogP contribution in [0.15, 0.2) is 60.9 Å². The van der Waals surface area contributed by atoms with E-state index >= 15 is 0 Å². The van der Waals surface area contributed by atoms with Crippen LogP contribution in [0.2, 0.25) is 0 Å². The molecule has 150 valence electrons. The molecule has 1 saturated heterocycles. The summed E-state index contributed by atoms with van der Waals surface area (Å²) in [6, 6.07) is 11.0. The van der Waals surface area contributed by atoms with Gasteiger partial charge in [-0.2, -0.15) is 13.2 Å². The van der Waals surface area contributed by atoms with E-state index in [9.17, 15) is 23.1 Å². The molecular weight excluding hydrogens is 381 g/mol. The van der Waals surface area contributed by atoms with Crippen molar-refractivity contribution in [1.82, 2.24) is 9.88 Å². The van der Waals surface area contributed by atoms with E-state index in [1.807, 2.05) is 12.1 Å². The van der Waals surface area contributed by atoms with E-state index in [4.69, 9.17) is 0 Å². The number of likely N-dealkylation sites (tertiary alicyclic amines) is 1. The third kappa shape index (κ3) is 3.70. The van der Waals surface area contributed by atoms with Crippen LogP contribution < -0.4 is 0 Å². The van der Waals surface area contributed by atoms with E-state index in [2.05, 4.69) is 4.98 Å². The molecule has 1 aliphatic heterocycles. The van der Waals surface area contributed by atoms with E-state index in [1.165, 1.54) is 12.1 Å². The number of carboxylic acids is 1. The Balaban J connectivity index is 1.92. The van der Waals surface area contributed by atoms with Gasteiger partial charge in [-0.25, -0.2) is 0 Å². The zero-order valence-electron chi connectivity index (χ0n) is 15.4. The van der Waals surface area contributed by atoms with Crippen LogP contribution in [-0.2, 0) is 11.0 Å². The van der Waals surface area contributed by atoms with Crippen LogP contribution in [0.5, 0.6) is 0 Å². The van der Waals surface area contributed by atoms with E-state index < -0.39 is 29.8 Å². The van der Waals surface area contributed by atoms with E-state index in [0.717, 1.165) is 16.8 Å². The number of halogens is 3. The van der Waals surface area contributed by atoms with Gasteiger partial charge in [0.05, 0.1) is 11.6 Å². The van der Waals surface area contributed by atoms with Crippen LogP contribution in [0, 0.1) is 0 Å². The van der Waals surface area contributed by atoms with Crippen LogP contribution in [0.4, 0.5) is 13.2 Å². The van der Waals surface area contributed by atoms with Crippen LogP contribution in [0.25, 0.3) is 10.8 Å². The molecule has 4 nitrogen and oxygen atoms in total. The standard InChI is InChI=1S/C22H19F3N2O2/c23-22(24,25)18-5-2-1-4-17(18)20(27-11-3-6-19(27)21(28)29)15-7-8-16-13-26-10-9-14(16)12-15/h1-2,4-5,7-10,12-13,19-20H,3,6,11H2,(H,28,29). The Morgan fingerprint density at radius 2 is 1.93 bits per heavy atom. The number of carboxylic acid groups (broad SMARTS) is 1. The second-order valence-electron chi connectivity index (χ2n) is 7.20. The molecule has 2 unspecified atom stereocenters. The molecule has 1 aromatic heterocycles. The Labute approximate surface area is 165 Å². The molecule has 1 fully saturated rings. The maximum Gasteiger partial charge on any atom is 0.416 e. The molecule has 2 heterocycles. The monoisotopic (exact) mass is 400 g/mol. The summed E-state index contributed by atoms with van der Waals surface area (Å²) in [5, 5.41) is 11.4. The van der Waals surface area contributed by atoms with Crippen molar-refractivity contribution in [2.24, 2.45) is 0 Å². The largest absolute Gasteiger partial charge is 0.480 e. The van der Waals surface area contributed by atoms with Crippen LogP contribution in [0.1, 0.15) is 35.6 Å². The summed E-state index contributed by atoms with van der Waals surface area (Å²) >= 11 is 0. The highest BCUT2D eigenvalue weighted by molar-refractivity contribution is 5.82. The number of rotatable bonds is 4. The quantitative estimate of drug-likeness (QED) is 0.677. The number of carbonyl (C=O) groups is 1. The molecule has 0 radical (unpaired) electrons. The lowest BCUT2D eigenvalue weighted by Crippen LogP contribution is -2.39. The maximum atomic E-state index is 13.8. The van der Waals surface area contributed by atoms with Crippen molar-refractivity contribution >= 4 is 16.7 Å². The summed E-state index contributed by atoms with van der Waals surface area (Å²) in [5.41, 5.74) is -0.0361. The summed E-state index contributed by atoms with van der Waals surface area (Å²) in [6.45, 7) is 0.419. The molecule has 4 rings (SSSR count).